The number of benzene rings is 2. The quantitative estimate of drug-likeness (QED) is 0.206. The van der Waals surface area contributed by atoms with Crippen LogP contribution in [0.5, 0.6) is 0 Å². The lowest BCUT2D eigenvalue weighted by atomic mass is 9.95. The Bertz CT molecular complexity index is 1770. The van der Waals surface area contributed by atoms with Gasteiger partial charge in [0.1, 0.15) is 0 Å². The van der Waals surface area contributed by atoms with E-state index < -0.39 is 9.84 Å². The molecule has 2 aromatic carbocycles. The Balaban J connectivity index is 1.26. The number of sulfone groups is 1. The average molecular weight is 593 g/mol. The van der Waals surface area contributed by atoms with Crippen LogP contribution >= 0.6 is 0 Å². The number of Topliss-reactive ketones (excluding diaryl/α,β-unsaturated/α-hetero) is 1. The van der Waals surface area contributed by atoms with Crippen molar-refractivity contribution in [1.82, 2.24) is 9.88 Å². The molecule has 2 aliphatic rings. The van der Waals surface area contributed by atoms with Crippen molar-refractivity contribution in [2.24, 2.45) is 5.92 Å². The normalized spacial score (nSPS) is 17.4. The number of hydrogen-bond donors (Lipinski definition) is 0. The van der Waals surface area contributed by atoms with E-state index in [1.807, 2.05) is 72.5 Å². The predicted octanol–water partition coefficient (Wildman–Crippen LogP) is 6.62. The lowest BCUT2D eigenvalue weighted by molar-refractivity contribution is -0.127. The lowest BCUT2D eigenvalue weighted by Crippen LogP contribution is -2.35. The Labute approximate surface area is 253 Å². The van der Waals surface area contributed by atoms with Crippen molar-refractivity contribution < 1.29 is 18.0 Å². The molecule has 43 heavy (non-hydrogen) atoms. The number of carbonyl (C=O) groups excluding carboxylic acids is 2. The summed E-state index contributed by atoms with van der Waals surface area (Å²) in [4.78, 5) is 33.4. The summed E-state index contributed by atoms with van der Waals surface area (Å²) in [5.41, 5.74) is 4.43. The summed E-state index contributed by atoms with van der Waals surface area (Å²) in [6, 6.07) is 16.0. The smallest absolute Gasteiger partial charge is 0.250 e. The molecule has 1 atom stereocenters. The van der Waals surface area contributed by atoms with Gasteiger partial charge >= 0.3 is 0 Å². The molecule has 1 unspecified atom stereocenters. The number of amides is 1. The molecule has 0 bridgehead atoms. The zero-order valence-corrected chi connectivity index (χ0v) is 25.2. The summed E-state index contributed by atoms with van der Waals surface area (Å²) < 4.78 is 26.4. The van der Waals surface area contributed by atoms with Gasteiger partial charge in [-0.3, -0.25) is 14.6 Å². The number of rotatable bonds is 9. The van der Waals surface area contributed by atoms with E-state index in [0.717, 1.165) is 22.1 Å². The number of aryl methyl sites for hydroxylation is 1. The minimum atomic E-state index is -3.56. The van der Waals surface area contributed by atoms with Gasteiger partial charge in [-0.15, -0.1) is 6.58 Å². The predicted molar refractivity (Wildman–Crippen MR) is 171 cm³/mol. The number of hydrogen-bond acceptors (Lipinski definition) is 5. The second kappa shape index (κ2) is 13.3. The molecule has 3 aromatic rings. The number of nitrogens with zero attached hydrogens (tertiary/aromatic N) is 2. The Hall–Kier alpha value is -4.36. The van der Waals surface area contributed by atoms with Gasteiger partial charge in [0.15, 0.2) is 15.6 Å². The van der Waals surface area contributed by atoms with Crippen molar-refractivity contribution in [1.29, 1.82) is 0 Å². The van der Waals surface area contributed by atoms with Gasteiger partial charge in [0.2, 0.25) is 5.91 Å². The molecule has 7 heteroatoms. The summed E-state index contributed by atoms with van der Waals surface area (Å²) in [6.45, 7) is 6.90. The SMILES string of the molecule is C=CCC1C=C(C(=O)c2ccc(CCS(=O)(=O)c3cccc4cccnc34)cc2)CCN(C(=O)C2=CC=CC=C(C)C2)C1. The van der Waals surface area contributed by atoms with Gasteiger partial charge in [-0.2, -0.15) is 0 Å². The fourth-order valence-corrected chi connectivity index (χ4v) is 7.11. The average Bonchev–Trinajstić information content (AvgIpc) is 3.37. The van der Waals surface area contributed by atoms with E-state index in [2.05, 4.69) is 11.6 Å². The molecule has 1 aliphatic heterocycles. The van der Waals surface area contributed by atoms with Crippen LogP contribution in [0.2, 0.25) is 0 Å². The Morgan fingerprint density at radius 3 is 2.58 bits per heavy atom. The van der Waals surface area contributed by atoms with Crippen molar-refractivity contribution in [3.8, 4) is 0 Å². The zero-order valence-electron chi connectivity index (χ0n) is 24.4. The summed E-state index contributed by atoms with van der Waals surface area (Å²) in [6.07, 6.45) is 15.2. The third-order valence-electron chi connectivity index (χ3n) is 7.93. The van der Waals surface area contributed by atoms with E-state index in [-0.39, 0.29) is 28.3 Å². The molecular formula is C36H36N2O4S. The summed E-state index contributed by atoms with van der Waals surface area (Å²) >= 11 is 0. The Morgan fingerprint density at radius 1 is 1.02 bits per heavy atom. The molecule has 0 saturated heterocycles. The molecule has 0 fully saturated rings. The highest BCUT2D eigenvalue weighted by atomic mass is 32.2. The fourth-order valence-electron chi connectivity index (χ4n) is 5.64. The standard InChI is InChI=1S/C36H36N2O4S/c1-3-8-28-24-31(18-21-38(25-28)36(40)32-10-5-4-9-26(2)23-32)35(39)30-16-14-27(15-17-30)19-22-43(41,42)33-13-6-11-29-12-7-20-37-34(29)33/h3-7,9-17,20,24,28H,1,8,18-19,21-23,25H2,2H3. The van der Waals surface area contributed by atoms with E-state index in [4.69, 9.17) is 0 Å². The van der Waals surface area contributed by atoms with Crippen molar-refractivity contribution in [2.75, 3.05) is 18.8 Å². The molecular weight excluding hydrogens is 556 g/mol. The number of fused-ring (bicyclic) bond motifs is 1. The molecule has 1 aromatic heterocycles. The Kier molecular flexibility index (Phi) is 9.31. The third kappa shape index (κ3) is 7.17. The van der Waals surface area contributed by atoms with Crippen LogP contribution in [0.4, 0.5) is 0 Å². The van der Waals surface area contributed by atoms with Crippen LogP contribution in [0.3, 0.4) is 0 Å². The number of aromatic nitrogens is 1. The summed E-state index contributed by atoms with van der Waals surface area (Å²) in [5, 5.41) is 0.785. The molecule has 5 rings (SSSR count). The van der Waals surface area contributed by atoms with Crippen LogP contribution in [0.25, 0.3) is 10.9 Å². The van der Waals surface area contributed by atoms with Crippen LogP contribution in [-0.2, 0) is 21.1 Å². The molecule has 2 heterocycles. The van der Waals surface area contributed by atoms with E-state index in [1.165, 1.54) is 0 Å². The van der Waals surface area contributed by atoms with Crippen LogP contribution in [-0.4, -0.2) is 48.8 Å². The van der Waals surface area contributed by atoms with Gasteiger partial charge < -0.3 is 4.90 Å². The number of pyridine rings is 1. The number of allylic oxidation sites excluding steroid dienone is 6. The monoisotopic (exact) mass is 592 g/mol. The van der Waals surface area contributed by atoms with E-state index in [0.29, 0.717) is 55.4 Å². The Morgan fingerprint density at radius 2 is 1.79 bits per heavy atom. The first kappa shape index (κ1) is 30.1. The van der Waals surface area contributed by atoms with Gasteiger partial charge in [-0.25, -0.2) is 8.42 Å². The van der Waals surface area contributed by atoms with Crippen molar-refractivity contribution >= 4 is 32.4 Å². The second-order valence-corrected chi connectivity index (χ2v) is 13.2. The number of para-hydroxylation sites is 1. The molecule has 0 radical (unpaired) electrons. The van der Waals surface area contributed by atoms with Crippen molar-refractivity contribution in [2.45, 2.75) is 37.5 Å². The molecule has 0 N–H and O–H groups in total. The molecule has 0 spiro atoms. The maximum atomic E-state index is 13.6. The van der Waals surface area contributed by atoms with Crippen LogP contribution in [0.1, 0.15) is 42.1 Å². The van der Waals surface area contributed by atoms with E-state index in [9.17, 15) is 18.0 Å². The van der Waals surface area contributed by atoms with E-state index in [1.54, 1.807) is 36.5 Å². The number of ketones is 1. The van der Waals surface area contributed by atoms with Gasteiger partial charge in [0.05, 0.1) is 16.2 Å². The molecule has 220 valence electrons. The van der Waals surface area contributed by atoms with Crippen molar-refractivity contribution in [3.05, 3.63) is 132 Å². The highest BCUT2D eigenvalue weighted by Crippen LogP contribution is 2.26. The van der Waals surface area contributed by atoms with Crippen LogP contribution < -0.4 is 0 Å². The van der Waals surface area contributed by atoms with Gasteiger partial charge in [0.25, 0.3) is 0 Å². The summed E-state index contributed by atoms with van der Waals surface area (Å²) in [7, 11) is -3.56. The molecule has 1 aliphatic carbocycles. The van der Waals surface area contributed by atoms with Gasteiger partial charge in [0, 0.05) is 35.8 Å². The van der Waals surface area contributed by atoms with Crippen LogP contribution in [0.15, 0.2) is 125 Å². The van der Waals surface area contributed by atoms with Crippen molar-refractivity contribution in [3.63, 3.8) is 0 Å². The third-order valence-corrected chi connectivity index (χ3v) is 9.67. The molecule has 1 amide bonds. The molecule has 6 nitrogen and oxygen atoms in total. The lowest BCUT2D eigenvalue weighted by Gasteiger charge is -2.25. The minimum absolute atomic E-state index is 0.00510. The maximum absolute atomic E-state index is 13.6. The summed E-state index contributed by atoms with van der Waals surface area (Å²) in [5.74, 6) is -0.126. The second-order valence-electron chi connectivity index (χ2n) is 11.2. The zero-order chi connectivity index (χ0) is 30.4. The highest BCUT2D eigenvalue weighted by Gasteiger charge is 2.26. The molecule has 0 saturated carbocycles. The fraction of sp³-hybridized carbons (Fsp3) is 0.250. The minimum Gasteiger partial charge on any atom is -0.338 e. The topological polar surface area (TPSA) is 84.4 Å². The first-order valence-electron chi connectivity index (χ1n) is 14.6. The highest BCUT2D eigenvalue weighted by molar-refractivity contribution is 7.91. The largest absolute Gasteiger partial charge is 0.338 e. The van der Waals surface area contributed by atoms with Gasteiger partial charge in [-0.05, 0) is 61.8 Å². The first-order chi connectivity index (χ1) is 20.7. The maximum Gasteiger partial charge on any atom is 0.250 e. The van der Waals surface area contributed by atoms with Gasteiger partial charge in [-0.1, -0.05) is 84.5 Å². The first-order valence-corrected chi connectivity index (χ1v) is 16.2. The number of carbonyl (C=O) groups is 2. The van der Waals surface area contributed by atoms with E-state index >= 15 is 0 Å². The van der Waals surface area contributed by atoms with Crippen LogP contribution in [0, 0.1) is 5.92 Å².